The number of benzene rings is 1. The monoisotopic (exact) mass is 388 g/mol. The van der Waals surface area contributed by atoms with E-state index in [1.165, 1.54) is 11.3 Å². The minimum Gasteiger partial charge on any atom is -0.482 e. The predicted molar refractivity (Wildman–Crippen MR) is 99.4 cm³/mol. The van der Waals surface area contributed by atoms with Crippen LogP contribution in [0.3, 0.4) is 0 Å². The molecule has 2 aromatic rings. The number of likely N-dealkylation sites (tertiary alicyclic amines) is 1. The first-order valence-corrected chi connectivity index (χ1v) is 9.34. The summed E-state index contributed by atoms with van der Waals surface area (Å²) in [5.74, 6) is -1.28. The summed E-state index contributed by atoms with van der Waals surface area (Å²) in [6, 6.07) is 10.5. The number of carbonyl (C=O) groups excluding carboxylic acids is 2. The first-order chi connectivity index (χ1) is 13.0. The second-order valence-electron chi connectivity index (χ2n) is 6.32. The molecule has 2 N–H and O–H groups in total. The zero-order chi connectivity index (χ0) is 19.4. The Morgan fingerprint density at radius 3 is 2.85 bits per heavy atom. The van der Waals surface area contributed by atoms with Crippen molar-refractivity contribution in [1.29, 1.82) is 0 Å². The third-order valence-corrected chi connectivity index (χ3v) is 5.43. The van der Waals surface area contributed by atoms with Gasteiger partial charge in [0.1, 0.15) is 5.75 Å². The molecule has 7 nitrogen and oxygen atoms in total. The van der Waals surface area contributed by atoms with Gasteiger partial charge in [0.2, 0.25) is 11.8 Å². The van der Waals surface area contributed by atoms with Crippen LogP contribution in [0.5, 0.6) is 5.75 Å². The van der Waals surface area contributed by atoms with E-state index in [-0.39, 0.29) is 30.8 Å². The average molecular weight is 388 g/mol. The summed E-state index contributed by atoms with van der Waals surface area (Å²) in [5, 5.41) is 13.5. The molecule has 8 heteroatoms. The summed E-state index contributed by atoms with van der Waals surface area (Å²) >= 11 is 1.53. The van der Waals surface area contributed by atoms with E-state index in [1.807, 2.05) is 23.6 Å². The van der Waals surface area contributed by atoms with Crippen LogP contribution in [0.4, 0.5) is 0 Å². The van der Waals surface area contributed by atoms with E-state index in [2.05, 4.69) is 5.32 Å². The number of amides is 2. The van der Waals surface area contributed by atoms with Crippen LogP contribution >= 0.6 is 11.3 Å². The SMILES string of the molecule is CN1C(=O)C[C@H](C(=O)NCc2cccc(OCC(=O)O)c2)[C@H]1c1cccs1. The maximum Gasteiger partial charge on any atom is 0.341 e. The van der Waals surface area contributed by atoms with Crippen LogP contribution in [0.15, 0.2) is 41.8 Å². The highest BCUT2D eigenvalue weighted by Crippen LogP contribution is 2.39. The molecule has 2 amide bonds. The second-order valence-corrected chi connectivity index (χ2v) is 7.30. The summed E-state index contributed by atoms with van der Waals surface area (Å²) in [6.07, 6.45) is 0.187. The van der Waals surface area contributed by atoms with Crippen molar-refractivity contribution in [2.75, 3.05) is 13.7 Å². The van der Waals surface area contributed by atoms with Gasteiger partial charge >= 0.3 is 5.97 Å². The summed E-state index contributed by atoms with van der Waals surface area (Å²) in [7, 11) is 1.73. The van der Waals surface area contributed by atoms with Crippen LogP contribution in [0, 0.1) is 5.92 Å². The highest BCUT2D eigenvalue weighted by atomic mass is 32.1. The molecule has 0 spiro atoms. The normalized spacial score (nSPS) is 19.1. The lowest BCUT2D eigenvalue weighted by molar-refractivity contribution is -0.139. The van der Waals surface area contributed by atoms with E-state index in [0.29, 0.717) is 5.75 Å². The minimum atomic E-state index is -1.05. The maximum absolute atomic E-state index is 12.7. The van der Waals surface area contributed by atoms with Gasteiger partial charge in [-0.3, -0.25) is 9.59 Å². The van der Waals surface area contributed by atoms with Crippen molar-refractivity contribution in [2.45, 2.75) is 19.0 Å². The Hall–Kier alpha value is -2.87. The van der Waals surface area contributed by atoms with Crippen LogP contribution in [-0.2, 0) is 20.9 Å². The number of hydrogen-bond acceptors (Lipinski definition) is 5. The lowest BCUT2D eigenvalue weighted by Crippen LogP contribution is -2.33. The fraction of sp³-hybridized carbons (Fsp3) is 0.316. The zero-order valence-electron chi connectivity index (χ0n) is 14.8. The number of rotatable bonds is 7. The van der Waals surface area contributed by atoms with Crippen LogP contribution < -0.4 is 10.1 Å². The largest absolute Gasteiger partial charge is 0.482 e. The quantitative estimate of drug-likeness (QED) is 0.757. The van der Waals surface area contributed by atoms with E-state index >= 15 is 0 Å². The molecule has 0 unspecified atom stereocenters. The first kappa shape index (κ1) is 18.9. The predicted octanol–water partition coefficient (Wildman–Crippen LogP) is 2.05. The van der Waals surface area contributed by atoms with Gasteiger partial charge < -0.3 is 20.1 Å². The van der Waals surface area contributed by atoms with Gasteiger partial charge in [-0.25, -0.2) is 4.79 Å². The Balaban J connectivity index is 1.64. The zero-order valence-corrected chi connectivity index (χ0v) is 15.6. The van der Waals surface area contributed by atoms with Gasteiger partial charge in [0.25, 0.3) is 0 Å². The number of nitrogens with zero attached hydrogens (tertiary/aromatic N) is 1. The van der Waals surface area contributed by atoms with Gasteiger partial charge in [-0.05, 0) is 29.1 Å². The Bertz CT molecular complexity index is 836. The van der Waals surface area contributed by atoms with Gasteiger partial charge in [-0.1, -0.05) is 18.2 Å². The molecule has 0 bridgehead atoms. The van der Waals surface area contributed by atoms with Crippen LogP contribution in [-0.4, -0.2) is 41.4 Å². The van der Waals surface area contributed by atoms with E-state index in [4.69, 9.17) is 9.84 Å². The Morgan fingerprint density at radius 2 is 2.15 bits per heavy atom. The molecule has 3 rings (SSSR count). The molecule has 1 aliphatic heterocycles. The fourth-order valence-corrected chi connectivity index (χ4v) is 4.10. The van der Waals surface area contributed by atoms with E-state index < -0.39 is 18.5 Å². The topological polar surface area (TPSA) is 95.9 Å². The van der Waals surface area contributed by atoms with Crippen molar-refractivity contribution in [3.05, 3.63) is 52.2 Å². The van der Waals surface area contributed by atoms with Gasteiger partial charge in [0, 0.05) is 24.9 Å². The minimum absolute atomic E-state index is 0.0439. The van der Waals surface area contributed by atoms with Crippen molar-refractivity contribution >= 4 is 29.1 Å². The second kappa shape index (κ2) is 8.22. The van der Waals surface area contributed by atoms with Crippen molar-refractivity contribution in [3.8, 4) is 5.75 Å². The number of hydrogen-bond donors (Lipinski definition) is 2. The number of carboxylic acid groups (broad SMARTS) is 1. The molecule has 2 heterocycles. The molecule has 0 radical (unpaired) electrons. The Morgan fingerprint density at radius 1 is 1.33 bits per heavy atom. The van der Waals surface area contributed by atoms with Crippen LogP contribution in [0.1, 0.15) is 22.9 Å². The van der Waals surface area contributed by atoms with E-state index in [1.54, 1.807) is 30.1 Å². The molecule has 27 heavy (non-hydrogen) atoms. The molecule has 1 fully saturated rings. The number of aliphatic carboxylic acids is 1. The maximum atomic E-state index is 12.7. The van der Waals surface area contributed by atoms with Crippen molar-refractivity contribution in [1.82, 2.24) is 10.2 Å². The smallest absolute Gasteiger partial charge is 0.341 e. The van der Waals surface area contributed by atoms with Crippen molar-refractivity contribution in [2.24, 2.45) is 5.92 Å². The lowest BCUT2D eigenvalue weighted by Gasteiger charge is -2.23. The van der Waals surface area contributed by atoms with Crippen LogP contribution in [0.2, 0.25) is 0 Å². The third kappa shape index (κ3) is 4.46. The number of ether oxygens (including phenoxy) is 1. The summed E-state index contributed by atoms with van der Waals surface area (Å²) in [6.45, 7) is -0.149. The molecule has 0 saturated carbocycles. The Kier molecular flexibility index (Phi) is 5.75. The van der Waals surface area contributed by atoms with Gasteiger partial charge in [-0.15, -0.1) is 11.3 Å². The van der Waals surface area contributed by atoms with Gasteiger partial charge in [0.15, 0.2) is 6.61 Å². The molecule has 2 atom stereocenters. The highest BCUT2D eigenvalue weighted by Gasteiger charge is 2.43. The Labute approximate surface area is 160 Å². The summed E-state index contributed by atoms with van der Waals surface area (Å²) in [5.41, 5.74) is 0.789. The van der Waals surface area contributed by atoms with Crippen molar-refractivity contribution in [3.63, 3.8) is 0 Å². The molecule has 1 aromatic carbocycles. The fourth-order valence-electron chi connectivity index (χ4n) is 3.16. The standard InChI is InChI=1S/C19H20N2O5S/c1-21-16(22)9-14(18(21)15-6-3-7-27-15)19(25)20-10-12-4-2-5-13(8-12)26-11-17(23)24/h2-8,14,18H,9-11H2,1H3,(H,20,25)(H,23,24)/t14-,18-/m0/s1. The molecule has 1 aromatic heterocycles. The molecule has 1 saturated heterocycles. The lowest BCUT2D eigenvalue weighted by atomic mass is 9.98. The molecule has 1 aliphatic rings. The average Bonchev–Trinajstić information content (AvgIpc) is 3.27. The summed E-state index contributed by atoms with van der Waals surface area (Å²) < 4.78 is 5.15. The van der Waals surface area contributed by atoms with Crippen LogP contribution in [0.25, 0.3) is 0 Å². The third-order valence-electron chi connectivity index (χ3n) is 4.49. The molecule has 142 valence electrons. The molecule has 0 aliphatic carbocycles. The first-order valence-electron chi connectivity index (χ1n) is 8.46. The molecular weight excluding hydrogens is 368 g/mol. The number of thiophene rings is 1. The summed E-state index contributed by atoms with van der Waals surface area (Å²) in [4.78, 5) is 38.1. The van der Waals surface area contributed by atoms with Crippen molar-refractivity contribution < 1.29 is 24.2 Å². The number of nitrogens with one attached hydrogen (secondary N) is 1. The highest BCUT2D eigenvalue weighted by molar-refractivity contribution is 7.10. The number of carbonyl (C=O) groups is 3. The molecular formula is C19H20N2O5S. The van der Waals surface area contributed by atoms with Gasteiger partial charge in [0.05, 0.1) is 12.0 Å². The number of carboxylic acids is 1. The van der Waals surface area contributed by atoms with E-state index in [0.717, 1.165) is 10.4 Å². The van der Waals surface area contributed by atoms with E-state index in [9.17, 15) is 14.4 Å². The van der Waals surface area contributed by atoms with Gasteiger partial charge in [-0.2, -0.15) is 0 Å².